The lowest BCUT2D eigenvalue weighted by atomic mass is 9.97. The summed E-state index contributed by atoms with van der Waals surface area (Å²) in [6, 6.07) is 3.41. The first-order valence-corrected chi connectivity index (χ1v) is 11.7. The van der Waals surface area contributed by atoms with Gasteiger partial charge in [0.15, 0.2) is 17.0 Å². The minimum atomic E-state index is -0.402. The third-order valence-corrected chi connectivity index (χ3v) is 6.32. The van der Waals surface area contributed by atoms with Crippen molar-refractivity contribution in [3.8, 4) is 5.75 Å². The number of nitrogens with one attached hydrogen (secondary N) is 1. The summed E-state index contributed by atoms with van der Waals surface area (Å²) in [5.41, 5.74) is 3.09. The molecule has 6 rings (SSSR count). The Morgan fingerprint density at radius 3 is 2.86 bits per heavy atom. The molecule has 1 fully saturated rings. The summed E-state index contributed by atoms with van der Waals surface area (Å²) in [5, 5.41) is 6.68. The summed E-state index contributed by atoms with van der Waals surface area (Å²) >= 11 is 0. The van der Waals surface area contributed by atoms with E-state index < -0.39 is 5.92 Å². The molecule has 2 aromatic heterocycles. The number of nitrogens with zero attached hydrogens (tertiary/aromatic N) is 6. The number of amides is 2. The number of allylic oxidation sites excluding steroid dienone is 3. The van der Waals surface area contributed by atoms with Gasteiger partial charge in [-0.2, -0.15) is 10.1 Å². The van der Waals surface area contributed by atoms with Crippen LogP contribution in [0.5, 0.6) is 5.75 Å². The molecule has 0 radical (unpaired) electrons. The first-order chi connectivity index (χ1) is 17.5. The number of H-pyrrole nitrogens is 1. The molecular weight excluding hydrogens is 462 g/mol. The number of carbonyl (C=O) groups excluding carboxylic acids is 2. The van der Waals surface area contributed by atoms with Crippen molar-refractivity contribution < 1.29 is 18.7 Å². The number of aromatic nitrogens is 3. The highest BCUT2D eigenvalue weighted by Crippen LogP contribution is 2.29. The number of piperazine rings is 1. The van der Waals surface area contributed by atoms with Crippen LogP contribution in [-0.4, -0.2) is 74.6 Å². The summed E-state index contributed by atoms with van der Waals surface area (Å²) in [5.74, 6) is 0.627. The van der Waals surface area contributed by atoms with E-state index in [1.807, 2.05) is 23.1 Å². The van der Waals surface area contributed by atoms with Gasteiger partial charge in [-0.05, 0) is 18.2 Å². The zero-order valence-electron chi connectivity index (χ0n) is 19.5. The number of hydrogen-bond donors (Lipinski definition) is 1. The van der Waals surface area contributed by atoms with Crippen molar-refractivity contribution in [2.75, 3.05) is 26.2 Å². The van der Waals surface area contributed by atoms with Crippen LogP contribution in [0.15, 0.2) is 63.2 Å². The third-order valence-electron chi connectivity index (χ3n) is 6.32. The van der Waals surface area contributed by atoms with Crippen LogP contribution in [0.1, 0.15) is 21.8 Å². The lowest BCUT2D eigenvalue weighted by Gasteiger charge is -2.36. The number of aliphatic imine (C=N–C) groups is 2. The monoisotopic (exact) mass is 485 g/mol. The molecule has 1 aromatic carbocycles. The van der Waals surface area contributed by atoms with E-state index in [0.29, 0.717) is 66.2 Å². The largest absolute Gasteiger partial charge is 0.486 e. The summed E-state index contributed by atoms with van der Waals surface area (Å²) in [7, 11) is 0. The molecule has 2 amide bonds. The summed E-state index contributed by atoms with van der Waals surface area (Å²) < 4.78 is 11.7. The molecule has 2 aliphatic heterocycles. The molecule has 182 valence electrons. The van der Waals surface area contributed by atoms with Gasteiger partial charge in [0.05, 0.1) is 11.9 Å². The number of guanidine groups is 1. The molecule has 1 N–H and O–H groups in total. The van der Waals surface area contributed by atoms with E-state index in [-0.39, 0.29) is 18.4 Å². The van der Waals surface area contributed by atoms with Gasteiger partial charge in [-0.25, -0.2) is 9.98 Å². The number of rotatable bonds is 4. The van der Waals surface area contributed by atoms with Gasteiger partial charge in [0.1, 0.15) is 18.3 Å². The number of benzene rings is 1. The topological polar surface area (TPSA) is 129 Å². The maximum absolute atomic E-state index is 13.4. The predicted molar refractivity (Wildman–Crippen MR) is 131 cm³/mol. The first-order valence-electron chi connectivity index (χ1n) is 11.7. The van der Waals surface area contributed by atoms with Crippen LogP contribution in [0, 0.1) is 12.8 Å². The SMILES string of the molecule is Cc1nc2c(OCc3cn[nH]c3)cc(C(=O)N3CCN(C4=NC(=O)C5C=CC=CC5=N4)CC3)cc2o1. The van der Waals surface area contributed by atoms with E-state index in [2.05, 4.69) is 25.2 Å². The lowest BCUT2D eigenvalue weighted by Crippen LogP contribution is -2.51. The third kappa shape index (κ3) is 4.08. The minimum Gasteiger partial charge on any atom is -0.486 e. The average Bonchev–Trinajstić information content (AvgIpc) is 3.56. The number of fused-ring (bicyclic) bond motifs is 2. The highest BCUT2D eigenvalue weighted by Gasteiger charge is 2.31. The van der Waals surface area contributed by atoms with E-state index in [9.17, 15) is 9.59 Å². The van der Waals surface area contributed by atoms with Crippen LogP contribution in [-0.2, 0) is 11.4 Å². The van der Waals surface area contributed by atoms with E-state index >= 15 is 0 Å². The molecule has 0 spiro atoms. The second kappa shape index (κ2) is 8.91. The Morgan fingerprint density at radius 1 is 1.19 bits per heavy atom. The fourth-order valence-electron chi connectivity index (χ4n) is 4.45. The van der Waals surface area contributed by atoms with Crippen molar-refractivity contribution in [1.29, 1.82) is 0 Å². The number of hydrogen-bond acceptors (Lipinski definition) is 8. The Bertz CT molecular complexity index is 1460. The molecule has 36 heavy (non-hydrogen) atoms. The first kappa shape index (κ1) is 22.0. The van der Waals surface area contributed by atoms with E-state index in [0.717, 1.165) is 5.56 Å². The van der Waals surface area contributed by atoms with Gasteiger partial charge in [-0.15, -0.1) is 0 Å². The van der Waals surface area contributed by atoms with Crippen LogP contribution >= 0.6 is 0 Å². The van der Waals surface area contributed by atoms with Gasteiger partial charge < -0.3 is 19.0 Å². The Morgan fingerprint density at radius 2 is 2.06 bits per heavy atom. The molecule has 0 bridgehead atoms. The normalized spacial score (nSPS) is 19.4. The van der Waals surface area contributed by atoms with E-state index in [4.69, 9.17) is 9.15 Å². The molecule has 1 aliphatic carbocycles. The van der Waals surface area contributed by atoms with Crippen molar-refractivity contribution in [3.63, 3.8) is 0 Å². The molecule has 11 heteroatoms. The molecular formula is C25H23N7O4. The molecule has 1 atom stereocenters. The Hall–Kier alpha value is -4.54. The van der Waals surface area contributed by atoms with Gasteiger partial charge in [0, 0.05) is 50.4 Å². The van der Waals surface area contributed by atoms with Crippen molar-refractivity contribution in [2.24, 2.45) is 15.9 Å². The van der Waals surface area contributed by atoms with Crippen molar-refractivity contribution >= 4 is 34.6 Å². The van der Waals surface area contributed by atoms with Crippen LogP contribution < -0.4 is 4.74 Å². The zero-order valence-corrected chi connectivity index (χ0v) is 19.5. The van der Waals surface area contributed by atoms with Gasteiger partial charge in [0.2, 0.25) is 5.96 Å². The molecule has 4 heterocycles. The van der Waals surface area contributed by atoms with Gasteiger partial charge in [-0.1, -0.05) is 18.2 Å². The van der Waals surface area contributed by atoms with Crippen molar-refractivity contribution in [1.82, 2.24) is 25.0 Å². The summed E-state index contributed by atoms with van der Waals surface area (Å²) in [6.07, 6.45) is 10.8. The molecule has 1 unspecified atom stereocenters. The lowest BCUT2D eigenvalue weighted by molar-refractivity contribution is -0.118. The molecule has 3 aliphatic rings. The Balaban J connectivity index is 1.17. The Labute approximate surface area is 205 Å². The van der Waals surface area contributed by atoms with Gasteiger partial charge >= 0.3 is 0 Å². The average molecular weight is 486 g/mol. The quantitative estimate of drug-likeness (QED) is 0.600. The minimum absolute atomic E-state index is 0.132. The number of aromatic amines is 1. The zero-order chi connectivity index (χ0) is 24.6. The second-order valence-corrected chi connectivity index (χ2v) is 8.74. The van der Waals surface area contributed by atoms with Crippen molar-refractivity contribution in [3.05, 3.63) is 65.8 Å². The maximum Gasteiger partial charge on any atom is 0.261 e. The number of ether oxygens (including phenoxy) is 1. The van der Waals surface area contributed by atoms with Gasteiger partial charge in [-0.3, -0.25) is 14.7 Å². The molecule has 3 aromatic rings. The molecule has 0 saturated carbocycles. The van der Waals surface area contributed by atoms with Crippen LogP contribution in [0.4, 0.5) is 0 Å². The smallest absolute Gasteiger partial charge is 0.261 e. The highest BCUT2D eigenvalue weighted by molar-refractivity contribution is 6.21. The van der Waals surface area contributed by atoms with Gasteiger partial charge in [0.25, 0.3) is 11.8 Å². The maximum atomic E-state index is 13.4. The number of carbonyl (C=O) groups is 2. The van der Waals surface area contributed by atoms with Crippen LogP contribution in [0.25, 0.3) is 11.1 Å². The van der Waals surface area contributed by atoms with Crippen molar-refractivity contribution in [2.45, 2.75) is 13.5 Å². The summed E-state index contributed by atoms with van der Waals surface area (Å²) in [6.45, 7) is 4.01. The highest BCUT2D eigenvalue weighted by atomic mass is 16.5. The predicted octanol–water partition coefficient (Wildman–Crippen LogP) is 2.28. The van der Waals surface area contributed by atoms with E-state index in [1.165, 1.54) is 0 Å². The second-order valence-electron chi connectivity index (χ2n) is 8.74. The van der Waals surface area contributed by atoms with Crippen LogP contribution in [0.2, 0.25) is 0 Å². The van der Waals surface area contributed by atoms with Crippen LogP contribution in [0.3, 0.4) is 0 Å². The fourth-order valence-corrected chi connectivity index (χ4v) is 4.45. The van der Waals surface area contributed by atoms with E-state index in [1.54, 1.807) is 42.4 Å². The summed E-state index contributed by atoms with van der Waals surface area (Å²) in [4.78, 5) is 42.7. The number of aryl methyl sites for hydroxylation is 1. The number of oxazole rings is 1. The Kier molecular flexibility index (Phi) is 5.44. The molecule has 11 nitrogen and oxygen atoms in total. The standard InChI is InChI=1S/C25H23N7O4/c1-15-28-22-20(35-14-16-12-26-27-13-16)10-17(11-21(22)36-15)24(34)31-6-8-32(9-7-31)25-29-19-5-3-2-4-18(19)23(33)30-25/h2-5,10-13,18H,6-9,14H2,1H3,(H,26,27). The fraction of sp³-hybridized carbons (Fsp3) is 0.280. The molecule has 1 saturated heterocycles.